The molecule has 31 heavy (non-hydrogen) atoms. The Hall–Kier alpha value is -3.45. The first-order chi connectivity index (χ1) is 14.9. The molecule has 7 heteroatoms. The summed E-state index contributed by atoms with van der Waals surface area (Å²) >= 11 is 0. The van der Waals surface area contributed by atoms with E-state index in [1.807, 2.05) is 56.6 Å². The maximum Gasteiger partial charge on any atom is 0.225 e. The van der Waals surface area contributed by atoms with E-state index < -0.39 is 0 Å². The third kappa shape index (κ3) is 4.36. The highest BCUT2D eigenvalue weighted by molar-refractivity contribution is 5.99. The van der Waals surface area contributed by atoms with Crippen LogP contribution >= 0.6 is 0 Å². The van der Waals surface area contributed by atoms with E-state index in [4.69, 9.17) is 15.8 Å². The number of benzene rings is 2. The van der Waals surface area contributed by atoms with E-state index in [1.54, 1.807) is 4.68 Å². The number of likely N-dealkylation sites (N-methyl/N-ethyl adjacent to an activating group) is 1. The number of nitrogens with one attached hydrogen (secondary N) is 1. The Bertz CT molecular complexity index is 1160. The molecule has 7 nitrogen and oxygen atoms in total. The number of rotatable bonds is 7. The van der Waals surface area contributed by atoms with E-state index in [0.717, 1.165) is 35.4 Å². The Morgan fingerprint density at radius 2 is 1.71 bits per heavy atom. The molecule has 2 aromatic carbocycles. The molecule has 160 valence electrons. The summed E-state index contributed by atoms with van der Waals surface area (Å²) in [5, 5.41) is 8.81. The summed E-state index contributed by atoms with van der Waals surface area (Å²) < 4.78 is 1.75. The number of nitrogens with two attached hydrogens (primary N) is 1. The Balaban J connectivity index is 1.82. The highest BCUT2D eigenvalue weighted by Gasteiger charge is 2.19. The minimum Gasteiger partial charge on any atom is -0.383 e. The van der Waals surface area contributed by atoms with Gasteiger partial charge in [-0.25, -0.2) is 9.67 Å². The van der Waals surface area contributed by atoms with Crippen molar-refractivity contribution >= 4 is 22.8 Å². The van der Waals surface area contributed by atoms with Crippen molar-refractivity contribution in [3.8, 4) is 16.9 Å². The molecule has 2 aromatic heterocycles. The summed E-state index contributed by atoms with van der Waals surface area (Å²) in [6.07, 6.45) is 0. The maximum absolute atomic E-state index is 6.59. The zero-order chi connectivity index (χ0) is 22.0. The summed E-state index contributed by atoms with van der Waals surface area (Å²) in [6, 6.07) is 18.3. The highest BCUT2D eigenvalue weighted by Crippen LogP contribution is 2.32. The van der Waals surface area contributed by atoms with Gasteiger partial charge in [-0.05, 0) is 37.7 Å². The number of aromatic nitrogens is 4. The topological polar surface area (TPSA) is 84.9 Å². The second-order valence-corrected chi connectivity index (χ2v) is 8.23. The normalized spacial score (nSPS) is 11.5. The number of nitrogens with zero attached hydrogens (tertiary/aromatic N) is 5. The van der Waals surface area contributed by atoms with Crippen LogP contribution in [0.5, 0.6) is 0 Å². The van der Waals surface area contributed by atoms with Crippen molar-refractivity contribution in [1.29, 1.82) is 0 Å². The lowest BCUT2D eigenvalue weighted by Crippen LogP contribution is -2.21. The van der Waals surface area contributed by atoms with Crippen LogP contribution in [0.15, 0.2) is 54.6 Å². The van der Waals surface area contributed by atoms with Crippen LogP contribution in [0.4, 0.5) is 11.8 Å². The summed E-state index contributed by atoms with van der Waals surface area (Å²) in [4.78, 5) is 11.6. The molecule has 0 unspecified atom stereocenters. The number of anilines is 2. The minimum absolute atomic E-state index is 0.467. The van der Waals surface area contributed by atoms with Gasteiger partial charge in [-0.1, -0.05) is 56.3 Å². The van der Waals surface area contributed by atoms with Gasteiger partial charge >= 0.3 is 0 Å². The molecule has 0 saturated carbocycles. The van der Waals surface area contributed by atoms with Crippen LogP contribution in [0.3, 0.4) is 0 Å². The van der Waals surface area contributed by atoms with Crippen molar-refractivity contribution in [3.63, 3.8) is 0 Å². The Kier molecular flexibility index (Phi) is 5.86. The zero-order valence-corrected chi connectivity index (χ0v) is 18.5. The zero-order valence-electron chi connectivity index (χ0n) is 18.5. The standard InChI is InChI=1S/C24H29N7/c1-16(2)17-10-12-19(13-11-17)31-22(25)20-21(18-8-6-5-7-9-18)27-24(28-23(20)29-31)26-14-15-30(3)4/h5-13,16H,14-15,25H2,1-4H3,(H,26,28,29). The molecule has 4 rings (SSSR count). The molecule has 0 aliphatic rings. The summed E-state index contributed by atoms with van der Waals surface area (Å²) in [5.41, 5.74) is 11.1. The van der Waals surface area contributed by atoms with Crippen molar-refractivity contribution in [2.45, 2.75) is 19.8 Å². The van der Waals surface area contributed by atoms with E-state index in [0.29, 0.717) is 23.3 Å². The average molecular weight is 416 g/mol. The molecule has 0 fully saturated rings. The second kappa shape index (κ2) is 8.73. The summed E-state index contributed by atoms with van der Waals surface area (Å²) in [6.45, 7) is 5.97. The number of nitrogen functional groups attached to an aromatic ring is 1. The van der Waals surface area contributed by atoms with Crippen molar-refractivity contribution in [2.24, 2.45) is 0 Å². The fourth-order valence-corrected chi connectivity index (χ4v) is 3.48. The van der Waals surface area contributed by atoms with Gasteiger partial charge in [0, 0.05) is 18.7 Å². The van der Waals surface area contributed by atoms with Gasteiger partial charge in [0.05, 0.1) is 16.8 Å². The molecule has 0 atom stereocenters. The van der Waals surface area contributed by atoms with E-state index in [2.05, 4.69) is 41.2 Å². The van der Waals surface area contributed by atoms with Gasteiger partial charge in [0.25, 0.3) is 0 Å². The molecule has 0 saturated heterocycles. The first kappa shape index (κ1) is 20.8. The van der Waals surface area contributed by atoms with Gasteiger partial charge in [0.1, 0.15) is 5.82 Å². The quantitative estimate of drug-likeness (QED) is 0.471. The molecular weight excluding hydrogens is 386 g/mol. The smallest absolute Gasteiger partial charge is 0.225 e. The lowest BCUT2D eigenvalue weighted by atomic mass is 10.0. The van der Waals surface area contributed by atoms with Gasteiger partial charge in [0.15, 0.2) is 5.65 Å². The Morgan fingerprint density at radius 1 is 1.00 bits per heavy atom. The minimum atomic E-state index is 0.467. The number of fused-ring (bicyclic) bond motifs is 1. The van der Waals surface area contributed by atoms with E-state index in [9.17, 15) is 0 Å². The fraction of sp³-hybridized carbons (Fsp3) is 0.292. The van der Waals surface area contributed by atoms with Crippen LogP contribution in [-0.4, -0.2) is 51.8 Å². The second-order valence-electron chi connectivity index (χ2n) is 8.23. The third-order valence-electron chi connectivity index (χ3n) is 5.26. The van der Waals surface area contributed by atoms with Crippen molar-refractivity contribution < 1.29 is 0 Å². The van der Waals surface area contributed by atoms with Crippen molar-refractivity contribution in [2.75, 3.05) is 38.2 Å². The van der Waals surface area contributed by atoms with Gasteiger partial charge in [0.2, 0.25) is 5.95 Å². The predicted octanol–water partition coefficient (Wildman–Crippen LogP) is 4.16. The molecule has 3 N–H and O–H groups in total. The van der Waals surface area contributed by atoms with Crippen molar-refractivity contribution in [3.05, 3.63) is 60.2 Å². The number of hydrogen-bond donors (Lipinski definition) is 2. The van der Waals surface area contributed by atoms with Crippen molar-refractivity contribution in [1.82, 2.24) is 24.6 Å². The molecule has 0 radical (unpaired) electrons. The van der Waals surface area contributed by atoms with Gasteiger partial charge in [-0.2, -0.15) is 4.98 Å². The monoisotopic (exact) mass is 415 g/mol. The summed E-state index contributed by atoms with van der Waals surface area (Å²) in [7, 11) is 4.07. The molecule has 2 heterocycles. The van der Waals surface area contributed by atoms with Crippen LogP contribution in [0, 0.1) is 0 Å². The lowest BCUT2D eigenvalue weighted by Gasteiger charge is -2.11. The van der Waals surface area contributed by atoms with E-state index in [-0.39, 0.29) is 0 Å². The first-order valence-electron chi connectivity index (χ1n) is 10.5. The molecular formula is C24H29N7. The fourth-order valence-electron chi connectivity index (χ4n) is 3.48. The lowest BCUT2D eigenvalue weighted by molar-refractivity contribution is 0.425. The van der Waals surface area contributed by atoms with Crippen LogP contribution in [0.2, 0.25) is 0 Å². The van der Waals surface area contributed by atoms with Gasteiger partial charge in [-0.3, -0.25) is 0 Å². The van der Waals surface area contributed by atoms with Gasteiger partial charge in [-0.15, -0.1) is 5.10 Å². The largest absolute Gasteiger partial charge is 0.383 e. The van der Waals surface area contributed by atoms with Gasteiger partial charge < -0.3 is 16.0 Å². The van der Waals surface area contributed by atoms with Crippen LogP contribution < -0.4 is 11.1 Å². The molecule has 0 amide bonds. The summed E-state index contributed by atoms with van der Waals surface area (Å²) in [5.74, 6) is 1.55. The molecule has 0 aliphatic carbocycles. The maximum atomic E-state index is 6.59. The molecule has 0 spiro atoms. The third-order valence-corrected chi connectivity index (χ3v) is 5.26. The Labute approximate surface area is 182 Å². The van der Waals surface area contributed by atoms with E-state index in [1.165, 1.54) is 5.56 Å². The average Bonchev–Trinajstić information content (AvgIpc) is 3.10. The molecule has 4 aromatic rings. The molecule has 0 bridgehead atoms. The Morgan fingerprint density at radius 3 is 2.35 bits per heavy atom. The first-order valence-corrected chi connectivity index (χ1v) is 10.5. The SMILES string of the molecule is CC(C)c1ccc(-n2nc3nc(NCCN(C)C)nc(-c4ccccc4)c3c2N)cc1. The van der Waals surface area contributed by atoms with Crippen LogP contribution in [-0.2, 0) is 0 Å². The van der Waals surface area contributed by atoms with Crippen LogP contribution in [0.25, 0.3) is 28.0 Å². The van der Waals surface area contributed by atoms with Crippen LogP contribution in [0.1, 0.15) is 25.3 Å². The molecule has 0 aliphatic heterocycles. The number of hydrogen-bond acceptors (Lipinski definition) is 6. The van der Waals surface area contributed by atoms with E-state index >= 15 is 0 Å². The predicted molar refractivity (Wildman–Crippen MR) is 128 cm³/mol. The highest BCUT2D eigenvalue weighted by atomic mass is 15.3.